The molecule has 0 aromatic carbocycles. The molecule has 0 bridgehead atoms. The van der Waals surface area contributed by atoms with E-state index in [1.807, 2.05) is 36.0 Å². The van der Waals surface area contributed by atoms with Gasteiger partial charge in [-0.25, -0.2) is 0 Å². The number of hydrogen-bond donors (Lipinski definition) is 1. The Bertz CT molecular complexity index is 817. The fourth-order valence-electron chi connectivity index (χ4n) is 2.55. The van der Waals surface area contributed by atoms with Gasteiger partial charge in [-0.15, -0.1) is 11.3 Å². The summed E-state index contributed by atoms with van der Waals surface area (Å²) in [5.41, 5.74) is 2.05. The first-order valence-electron chi connectivity index (χ1n) is 7.69. The molecule has 0 saturated carbocycles. The van der Waals surface area contributed by atoms with Gasteiger partial charge in [0.1, 0.15) is 11.8 Å². The fourth-order valence-corrected chi connectivity index (χ4v) is 3.36. The number of thiophene rings is 1. The van der Waals surface area contributed by atoms with E-state index in [4.69, 9.17) is 4.42 Å². The second kappa shape index (κ2) is 7.31. The Morgan fingerprint density at radius 3 is 2.92 bits per heavy atom. The third-order valence-corrected chi connectivity index (χ3v) is 4.60. The van der Waals surface area contributed by atoms with Crippen LogP contribution in [0, 0.1) is 13.8 Å². The quantitative estimate of drug-likeness (QED) is 0.697. The molecule has 3 rings (SSSR count). The first kappa shape index (κ1) is 16.3. The fraction of sp³-hybridized carbons (Fsp3) is 0.222. The van der Waals surface area contributed by atoms with Crippen LogP contribution in [0.3, 0.4) is 0 Å². The van der Waals surface area contributed by atoms with Crippen molar-refractivity contribution in [2.24, 2.45) is 0 Å². The van der Waals surface area contributed by atoms with Gasteiger partial charge < -0.3 is 9.73 Å². The Morgan fingerprint density at radius 1 is 1.42 bits per heavy atom. The number of rotatable bonds is 6. The molecule has 1 amide bonds. The summed E-state index contributed by atoms with van der Waals surface area (Å²) in [6.07, 6.45) is 4.71. The second-order valence-corrected chi connectivity index (χ2v) is 6.48. The number of aryl methyl sites for hydroxylation is 2. The van der Waals surface area contributed by atoms with E-state index in [2.05, 4.69) is 16.5 Å². The van der Waals surface area contributed by atoms with Gasteiger partial charge >= 0.3 is 0 Å². The molecule has 124 valence electrons. The smallest absolute Gasteiger partial charge is 0.244 e. The van der Waals surface area contributed by atoms with Crippen molar-refractivity contribution in [1.29, 1.82) is 0 Å². The Hall–Kier alpha value is -2.60. The van der Waals surface area contributed by atoms with Crippen molar-refractivity contribution in [2.45, 2.75) is 19.9 Å². The van der Waals surface area contributed by atoms with Crippen LogP contribution < -0.4 is 5.32 Å². The maximum Gasteiger partial charge on any atom is 0.244 e. The van der Waals surface area contributed by atoms with E-state index in [0.717, 1.165) is 16.3 Å². The van der Waals surface area contributed by atoms with Crippen molar-refractivity contribution >= 4 is 23.3 Å². The zero-order valence-electron chi connectivity index (χ0n) is 13.6. The van der Waals surface area contributed by atoms with Gasteiger partial charge in [0, 0.05) is 23.2 Å². The van der Waals surface area contributed by atoms with E-state index in [9.17, 15) is 4.79 Å². The molecule has 3 aromatic heterocycles. The lowest BCUT2D eigenvalue weighted by molar-refractivity contribution is -0.116. The number of carbonyl (C=O) groups is 1. The van der Waals surface area contributed by atoms with Crippen molar-refractivity contribution in [3.05, 3.63) is 70.1 Å². The van der Waals surface area contributed by atoms with E-state index < -0.39 is 0 Å². The number of nitrogens with one attached hydrogen (secondary N) is 1. The highest BCUT2D eigenvalue weighted by Gasteiger charge is 2.18. The summed E-state index contributed by atoms with van der Waals surface area (Å²) in [5, 5.41) is 9.55. The monoisotopic (exact) mass is 341 g/mol. The van der Waals surface area contributed by atoms with E-state index in [1.165, 1.54) is 6.08 Å². The van der Waals surface area contributed by atoms with E-state index in [0.29, 0.717) is 12.3 Å². The average molecular weight is 341 g/mol. The lowest BCUT2D eigenvalue weighted by Gasteiger charge is -2.18. The molecular weight excluding hydrogens is 322 g/mol. The van der Waals surface area contributed by atoms with Crippen molar-refractivity contribution in [2.75, 3.05) is 6.54 Å². The van der Waals surface area contributed by atoms with Crippen molar-refractivity contribution in [3.63, 3.8) is 0 Å². The van der Waals surface area contributed by atoms with Gasteiger partial charge in [-0.3, -0.25) is 9.48 Å². The Labute approximate surface area is 144 Å². The van der Waals surface area contributed by atoms with Crippen molar-refractivity contribution in [1.82, 2.24) is 15.1 Å². The molecule has 0 unspecified atom stereocenters. The van der Waals surface area contributed by atoms with Crippen LogP contribution in [0.1, 0.15) is 28.1 Å². The summed E-state index contributed by atoms with van der Waals surface area (Å²) in [7, 11) is 0. The van der Waals surface area contributed by atoms with Gasteiger partial charge in [0.25, 0.3) is 0 Å². The molecule has 1 atom stereocenters. The van der Waals surface area contributed by atoms with E-state index in [-0.39, 0.29) is 11.9 Å². The number of hydrogen-bond acceptors (Lipinski definition) is 4. The largest absolute Gasteiger partial charge is 0.465 e. The van der Waals surface area contributed by atoms with Crippen LogP contribution >= 0.6 is 11.3 Å². The maximum absolute atomic E-state index is 12.1. The summed E-state index contributed by atoms with van der Waals surface area (Å²) in [6, 6.07) is 9.69. The Kier molecular flexibility index (Phi) is 4.96. The minimum absolute atomic E-state index is 0.0142. The van der Waals surface area contributed by atoms with Crippen LogP contribution in [0.2, 0.25) is 0 Å². The van der Waals surface area contributed by atoms with Crippen molar-refractivity contribution < 1.29 is 9.21 Å². The number of amides is 1. The first-order chi connectivity index (χ1) is 11.6. The topological polar surface area (TPSA) is 60.1 Å². The highest BCUT2D eigenvalue weighted by atomic mass is 32.1. The van der Waals surface area contributed by atoms with Crippen LogP contribution in [-0.4, -0.2) is 22.2 Å². The summed E-state index contributed by atoms with van der Waals surface area (Å²) in [6.45, 7) is 4.47. The lowest BCUT2D eigenvalue weighted by Crippen LogP contribution is -2.30. The molecule has 0 aliphatic heterocycles. The van der Waals surface area contributed by atoms with Gasteiger partial charge in [0.2, 0.25) is 5.91 Å². The van der Waals surface area contributed by atoms with Crippen LogP contribution in [0.15, 0.2) is 52.5 Å². The van der Waals surface area contributed by atoms with E-state index in [1.54, 1.807) is 35.8 Å². The average Bonchev–Trinajstić information content (AvgIpc) is 3.29. The lowest BCUT2D eigenvalue weighted by atomic mass is 10.2. The molecule has 0 radical (unpaired) electrons. The van der Waals surface area contributed by atoms with Crippen LogP contribution in [0.25, 0.3) is 6.08 Å². The number of carbonyl (C=O) groups excluding carboxylic acids is 1. The zero-order chi connectivity index (χ0) is 16.9. The molecule has 0 aliphatic carbocycles. The SMILES string of the molecule is Cc1cc(C)n([C@@H](CNC(=O)/C=C/c2ccco2)c2cccs2)n1. The van der Waals surface area contributed by atoms with Crippen molar-refractivity contribution in [3.8, 4) is 0 Å². The maximum atomic E-state index is 12.1. The molecule has 0 spiro atoms. The molecule has 0 aliphatic rings. The molecule has 1 N–H and O–H groups in total. The molecule has 24 heavy (non-hydrogen) atoms. The van der Waals surface area contributed by atoms with Crippen LogP contribution in [0.4, 0.5) is 0 Å². The van der Waals surface area contributed by atoms with Gasteiger partial charge in [0.05, 0.1) is 12.0 Å². The molecular formula is C18H19N3O2S. The minimum Gasteiger partial charge on any atom is -0.465 e. The zero-order valence-corrected chi connectivity index (χ0v) is 14.4. The van der Waals surface area contributed by atoms with Gasteiger partial charge in [-0.05, 0) is 49.6 Å². The Morgan fingerprint density at radius 2 is 2.29 bits per heavy atom. The normalized spacial score (nSPS) is 12.6. The highest BCUT2D eigenvalue weighted by molar-refractivity contribution is 7.10. The first-order valence-corrected chi connectivity index (χ1v) is 8.57. The minimum atomic E-state index is -0.158. The molecule has 6 heteroatoms. The molecule has 5 nitrogen and oxygen atoms in total. The van der Waals surface area contributed by atoms with Crippen LogP contribution in [0.5, 0.6) is 0 Å². The second-order valence-electron chi connectivity index (χ2n) is 5.50. The molecule has 3 aromatic rings. The van der Waals surface area contributed by atoms with Gasteiger partial charge in [-0.1, -0.05) is 6.07 Å². The summed E-state index contributed by atoms with van der Waals surface area (Å²) in [4.78, 5) is 13.2. The summed E-state index contributed by atoms with van der Waals surface area (Å²) >= 11 is 1.66. The number of furan rings is 1. The third-order valence-electron chi connectivity index (χ3n) is 3.62. The van der Waals surface area contributed by atoms with E-state index >= 15 is 0 Å². The molecule has 3 heterocycles. The number of nitrogens with zero attached hydrogens (tertiary/aromatic N) is 2. The molecule has 0 saturated heterocycles. The van der Waals surface area contributed by atoms with Crippen LogP contribution in [-0.2, 0) is 4.79 Å². The summed E-state index contributed by atoms with van der Waals surface area (Å²) < 4.78 is 7.15. The third kappa shape index (κ3) is 3.83. The predicted molar refractivity (Wildman–Crippen MR) is 94.9 cm³/mol. The standard InChI is InChI=1S/C18H19N3O2S/c1-13-11-14(2)21(20-13)16(17-6-4-10-24-17)12-19-18(22)8-7-15-5-3-9-23-15/h3-11,16H,12H2,1-2H3,(H,19,22)/b8-7+/t16-/m0/s1. The predicted octanol–water partition coefficient (Wildman–Crippen LogP) is 3.57. The highest BCUT2D eigenvalue weighted by Crippen LogP contribution is 2.24. The molecule has 0 fully saturated rings. The van der Waals surface area contributed by atoms with Gasteiger partial charge in [0.15, 0.2) is 0 Å². The Balaban J connectivity index is 1.71. The van der Waals surface area contributed by atoms with Gasteiger partial charge in [-0.2, -0.15) is 5.10 Å². The number of aromatic nitrogens is 2. The summed E-state index contributed by atoms with van der Waals surface area (Å²) in [5.74, 6) is 0.494.